The first-order valence-electron chi connectivity index (χ1n) is 10.3. The Hall–Kier alpha value is -3.47. The van der Waals surface area contributed by atoms with Gasteiger partial charge in [0.25, 0.3) is 5.56 Å². The number of fused-ring (bicyclic) bond motifs is 1. The summed E-state index contributed by atoms with van der Waals surface area (Å²) in [4.78, 5) is 17.7. The van der Waals surface area contributed by atoms with Crippen LogP contribution in [0.3, 0.4) is 0 Å². The van der Waals surface area contributed by atoms with Crippen LogP contribution < -0.4 is 10.9 Å². The maximum absolute atomic E-state index is 12.9. The van der Waals surface area contributed by atoms with E-state index in [1.54, 1.807) is 6.07 Å². The summed E-state index contributed by atoms with van der Waals surface area (Å²) in [5.74, 6) is 0.875. The Morgan fingerprint density at radius 3 is 2.73 bits per heavy atom. The highest BCUT2D eigenvalue weighted by Gasteiger charge is 2.21. The van der Waals surface area contributed by atoms with Gasteiger partial charge in [0.05, 0.1) is 18.0 Å². The Balaban J connectivity index is 1.63. The predicted octanol–water partition coefficient (Wildman–Crippen LogP) is 4.96. The summed E-state index contributed by atoms with van der Waals surface area (Å²) in [6.45, 7) is 8.45. The van der Waals surface area contributed by atoms with Crippen LogP contribution in [0.15, 0.2) is 71.1 Å². The second-order valence-corrected chi connectivity index (χ2v) is 7.74. The third kappa shape index (κ3) is 4.10. The van der Waals surface area contributed by atoms with Gasteiger partial charge in [-0.3, -0.25) is 4.79 Å². The SMILES string of the molecule is C=Cc1ccc(NCc2cc(=O)n3c(n2)C(C)CCC(c2ccccc2)=N3)c(C)c1. The van der Waals surface area contributed by atoms with Gasteiger partial charge in [0.2, 0.25) is 0 Å². The molecule has 0 spiro atoms. The Morgan fingerprint density at radius 2 is 2.00 bits per heavy atom. The minimum absolute atomic E-state index is 0.141. The molecule has 5 heteroatoms. The first-order valence-corrected chi connectivity index (χ1v) is 10.3. The fraction of sp³-hybridized carbons (Fsp3) is 0.240. The lowest BCUT2D eigenvalue weighted by molar-refractivity contribution is 0.606. The van der Waals surface area contributed by atoms with Crippen molar-refractivity contribution in [2.24, 2.45) is 5.10 Å². The van der Waals surface area contributed by atoms with Crippen molar-refractivity contribution in [1.82, 2.24) is 9.66 Å². The first-order chi connectivity index (χ1) is 14.5. The molecular weight excluding hydrogens is 372 g/mol. The van der Waals surface area contributed by atoms with Gasteiger partial charge in [-0.25, -0.2) is 4.98 Å². The molecule has 0 amide bonds. The molecule has 0 saturated carbocycles. The maximum atomic E-state index is 12.9. The van der Waals surface area contributed by atoms with E-state index >= 15 is 0 Å². The van der Waals surface area contributed by atoms with E-state index in [-0.39, 0.29) is 11.5 Å². The highest BCUT2D eigenvalue weighted by Crippen LogP contribution is 2.24. The molecule has 0 radical (unpaired) electrons. The van der Waals surface area contributed by atoms with Crippen LogP contribution in [0.1, 0.15) is 53.9 Å². The zero-order valence-corrected chi connectivity index (χ0v) is 17.4. The van der Waals surface area contributed by atoms with E-state index < -0.39 is 0 Å². The molecule has 0 fully saturated rings. The van der Waals surface area contributed by atoms with E-state index in [0.29, 0.717) is 6.54 Å². The Labute approximate surface area is 176 Å². The highest BCUT2D eigenvalue weighted by molar-refractivity contribution is 6.00. The average Bonchev–Trinajstić information content (AvgIpc) is 2.93. The van der Waals surface area contributed by atoms with Crippen molar-refractivity contribution in [2.75, 3.05) is 5.32 Å². The second-order valence-electron chi connectivity index (χ2n) is 7.74. The molecule has 3 aromatic rings. The number of aryl methyl sites for hydroxylation is 1. The molecule has 5 nitrogen and oxygen atoms in total. The first kappa shape index (κ1) is 19.8. The van der Waals surface area contributed by atoms with E-state index in [2.05, 4.69) is 36.9 Å². The van der Waals surface area contributed by atoms with Crippen LogP contribution in [0.25, 0.3) is 6.08 Å². The predicted molar refractivity (Wildman–Crippen MR) is 123 cm³/mol. The smallest absolute Gasteiger partial charge is 0.274 e. The van der Waals surface area contributed by atoms with Gasteiger partial charge in [-0.15, -0.1) is 0 Å². The van der Waals surface area contributed by atoms with Crippen molar-refractivity contribution < 1.29 is 0 Å². The van der Waals surface area contributed by atoms with Crippen molar-refractivity contribution in [2.45, 2.75) is 39.2 Å². The summed E-state index contributed by atoms with van der Waals surface area (Å²) < 4.78 is 1.48. The summed E-state index contributed by atoms with van der Waals surface area (Å²) in [5, 5.41) is 8.08. The van der Waals surface area contributed by atoms with E-state index in [0.717, 1.165) is 52.4 Å². The third-order valence-electron chi connectivity index (χ3n) is 5.50. The van der Waals surface area contributed by atoms with Crippen LogP contribution in [-0.2, 0) is 6.54 Å². The Morgan fingerprint density at radius 1 is 1.20 bits per heavy atom. The summed E-state index contributed by atoms with van der Waals surface area (Å²) in [6, 6.07) is 17.7. The Bertz CT molecular complexity index is 1160. The number of hydrogen-bond acceptors (Lipinski definition) is 4. The van der Waals surface area contributed by atoms with Crippen molar-refractivity contribution >= 4 is 17.5 Å². The molecule has 1 aliphatic heterocycles. The molecular formula is C25H26N4O. The van der Waals surface area contributed by atoms with E-state index in [1.807, 2.05) is 48.5 Å². The number of aromatic nitrogens is 2. The monoisotopic (exact) mass is 398 g/mol. The third-order valence-corrected chi connectivity index (χ3v) is 5.50. The Kier molecular flexibility index (Phi) is 5.61. The zero-order chi connectivity index (χ0) is 21.1. The van der Waals surface area contributed by atoms with Gasteiger partial charge < -0.3 is 5.32 Å². The molecule has 0 saturated heterocycles. The number of hydrogen-bond donors (Lipinski definition) is 1. The lowest BCUT2D eigenvalue weighted by atomic mass is 9.99. The van der Waals surface area contributed by atoms with Crippen molar-refractivity contribution in [3.05, 3.63) is 99.7 Å². The standard InChI is InChI=1S/C25H26N4O/c1-4-19-11-13-22(18(3)14-19)26-16-21-15-24(30)29-25(27-21)17(2)10-12-23(28-29)20-8-6-5-7-9-20/h4-9,11,13-15,17,26H,1,10,12,16H2,2-3H3. The molecule has 4 rings (SSSR count). The summed E-state index contributed by atoms with van der Waals surface area (Å²) in [7, 11) is 0. The molecule has 1 aromatic heterocycles. The van der Waals surface area contributed by atoms with E-state index in [1.165, 1.54) is 4.68 Å². The summed E-state index contributed by atoms with van der Waals surface area (Å²) in [5.41, 5.74) is 5.79. The largest absolute Gasteiger partial charge is 0.379 e. The second kappa shape index (κ2) is 8.49. The fourth-order valence-corrected chi connectivity index (χ4v) is 3.74. The van der Waals surface area contributed by atoms with Crippen molar-refractivity contribution in [1.29, 1.82) is 0 Å². The van der Waals surface area contributed by atoms with Crippen LogP contribution in [-0.4, -0.2) is 15.4 Å². The lowest BCUT2D eigenvalue weighted by Crippen LogP contribution is -2.24. The van der Waals surface area contributed by atoms with Crippen LogP contribution in [0.4, 0.5) is 5.69 Å². The quantitative estimate of drug-likeness (QED) is 0.661. The van der Waals surface area contributed by atoms with Crippen molar-refractivity contribution in [3.8, 4) is 0 Å². The van der Waals surface area contributed by atoms with Crippen LogP contribution in [0.5, 0.6) is 0 Å². The van der Waals surface area contributed by atoms with Gasteiger partial charge in [-0.2, -0.15) is 9.78 Å². The van der Waals surface area contributed by atoms with E-state index in [4.69, 9.17) is 4.98 Å². The molecule has 2 aromatic carbocycles. The number of benzene rings is 2. The van der Waals surface area contributed by atoms with Gasteiger partial charge in [0.1, 0.15) is 5.82 Å². The lowest BCUT2D eigenvalue weighted by Gasteiger charge is -2.14. The normalized spacial score (nSPS) is 15.7. The fourth-order valence-electron chi connectivity index (χ4n) is 3.74. The number of nitrogens with zero attached hydrogens (tertiary/aromatic N) is 3. The molecule has 30 heavy (non-hydrogen) atoms. The number of anilines is 1. The average molecular weight is 399 g/mol. The molecule has 1 N–H and O–H groups in total. The topological polar surface area (TPSA) is 59.3 Å². The van der Waals surface area contributed by atoms with Gasteiger partial charge in [0.15, 0.2) is 0 Å². The zero-order valence-electron chi connectivity index (χ0n) is 17.4. The van der Waals surface area contributed by atoms with E-state index in [9.17, 15) is 4.79 Å². The van der Waals surface area contributed by atoms with Gasteiger partial charge in [-0.05, 0) is 42.5 Å². The molecule has 152 valence electrons. The maximum Gasteiger partial charge on any atom is 0.274 e. The minimum Gasteiger partial charge on any atom is -0.379 e. The van der Waals surface area contributed by atoms with Crippen LogP contribution >= 0.6 is 0 Å². The molecule has 1 unspecified atom stereocenters. The van der Waals surface area contributed by atoms with Gasteiger partial charge >= 0.3 is 0 Å². The molecule has 0 bridgehead atoms. The highest BCUT2D eigenvalue weighted by atomic mass is 16.1. The summed E-state index contributed by atoms with van der Waals surface area (Å²) >= 11 is 0. The van der Waals surface area contributed by atoms with Gasteiger partial charge in [0, 0.05) is 17.7 Å². The van der Waals surface area contributed by atoms with Crippen LogP contribution in [0, 0.1) is 6.92 Å². The summed E-state index contributed by atoms with van der Waals surface area (Å²) in [6.07, 6.45) is 3.55. The molecule has 0 aliphatic carbocycles. The van der Waals surface area contributed by atoms with Crippen LogP contribution in [0.2, 0.25) is 0 Å². The number of rotatable bonds is 5. The van der Waals surface area contributed by atoms with Crippen molar-refractivity contribution in [3.63, 3.8) is 0 Å². The van der Waals surface area contributed by atoms with Gasteiger partial charge in [-0.1, -0.05) is 62.0 Å². The molecule has 1 atom stereocenters. The molecule has 1 aliphatic rings. The number of nitrogens with one attached hydrogen (secondary N) is 1. The molecule has 2 heterocycles. The minimum atomic E-state index is -0.141.